The Morgan fingerprint density at radius 1 is 1.29 bits per heavy atom. The molecule has 3 rings (SSSR count). The van der Waals surface area contributed by atoms with Crippen molar-refractivity contribution in [1.29, 1.82) is 0 Å². The van der Waals surface area contributed by atoms with Crippen molar-refractivity contribution in [2.24, 2.45) is 7.05 Å². The molecule has 0 saturated carbocycles. The number of morpholine rings is 1. The number of piperidine rings is 1. The van der Waals surface area contributed by atoms with Crippen molar-refractivity contribution < 1.29 is 9.53 Å². The van der Waals surface area contributed by atoms with Gasteiger partial charge < -0.3 is 15.0 Å². The number of hydrogen-bond acceptors (Lipinski definition) is 4. The highest BCUT2D eigenvalue weighted by molar-refractivity contribution is 5.89. The normalized spacial score (nSPS) is 21.5. The lowest BCUT2D eigenvalue weighted by molar-refractivity contribution is 0.00419. The van der Waals surface area contributed by atoms with Gasteiger partial charge in [-0.1, -0.05) is 0 Å². The summed E-state index contributed by atoms with van der Waals surface area (Å²) in [6.07, 6.45) is 5.55. The molecule has 0 spiro atoms. The zero-order valence-electron chi connectivity index (χ0n) is 12.5. The van der Waals surface area contributed by atoms with E-state index in [0.717, 1.165) is 57.9 Å². The van der Waals surface area contributed by atoms with Crippen molar-refractivity contribution >= 4 is 11.7 Å². The van der Waals surface area contributed by atoms with E-state index in [4.69, 9.17) is 4.74 Å². The molecule has 2 aliphatic heterocycles. The summed E-state index contributed by atoms with van der Waals surface area (Å²) in [7, 11) is 1.84. The molecule has 1 aromatic heterocycles. The van der Waals surface area contributed by atoms with E-state index in [0.29, 0.717) is 6.04 Å². The van der Waals surface area contributed by atoms with Crippen LogP contribution in [-0.4, -0.2) is 71.0 Å². The van der Waals surface area contributed by atoms with Gasteiger partial charge in [-0.05, 0) is 12.8 Å². The van der Waals surface area contributed by atoms with Gasteiger partial charge in [0.15, 0.2) is 0 Å². The molecule has 0 unspecified atom stereocenters. The summed E-state index contributed by atoms with van der Waals surface area (Å²) < 4.78 is 7.07. The van der Waals surface area contributed by atoms with Gasteiger partial charge in [0.25, 0.3) is 0 Å². The summed E-state index contributed by atoms with van der Waals surface area (Å²) >= 11 is 0. The Morgan fingerprint density at radius 3 is 2.62 bits per heavy atom. The fraction of sp³-hybridized carbons (Fsp3) is 0.714. The summed E-state index contributed by atoms with van der Waals surface area (Å²) in [5, 5.41) is 6.95. The predicted molar refractivity (Wildman–Crippen MR) is 79.2 cm³/mol. The molecule has 2 fully saturated rings. The maximum atomic E-state index is 12.2. The highest BCUT2D eigenvalue weighted by atomic mass is 16.5. The topological polar surface area (TPSA) is 62.6 Å². The average Bonchev–Trinajstić information content (AvgIpc) is 2.93. The number of aromatic nitrogens is 2. The number of carbonyl (C=O) groups excluding carboxylic acids is 1. The summed E-state index contributed by atoms with van der Waals surface area (Å²) in [6, 6.07) is 0.569. The third kappa shape index (κ3) is 3.54. The Bertz CT molecular complexity index is 475. The highest BCUT2D eigenvalue weighted by Crippen LogP contribution is 2.18. The Kier molecular flexibility index (Phi) is 4.40. The second kappa shape index (κ2) is 6.44. The fourth-order valence-corrected chi connectivity index (χ4v) is 3.07. The zero-order valence-corrected chi connectivity index (χ0v) is 12.5. The maximum Gasteiger partial charge on any atom is 0.321 e. The van der Waals surface area contributed by atoms with Crippen LogP contribution in [0.1, 0.15) is 12.8 Å². The number of ether oxygens (including phenoxy) is 1. The van der Waals surface area contributed by atoms with Gasteiger partial charge in [-0.2, -0.15) is 5.10 Å². The molecule has 2 aliphatic rings. The van der Waals surface area contributed by atoms with Crippen molar-refractivity contribution in [3.63, 3.8) is 0 Å². The predicted octanol–water partition coefficient (Wildman–Crippen LogP) is 0.749. The Hall–Kier alpha value is -1.60. The van der Waals surface area contributed by atoms with Crippen molar-refractivity contribution in [1.82, 2.24) is 19.6 Å². The summed E-state index contributed by atoms with van der Waals surface area (Å²) in [5.74, 6) is 0. The number of hydrogen-bond donors (Lipinski definition) is 1. The van der Waals surface area contributed by atoms with Gasteiger partial charge in [-0.3, -0.25) is 9.58 Å². The van der Waals surface area contributed by atoms with Crippen LogP contribution in [-0.2, 0) is 11.8 Å². The van der Waals surface area contributed by atoms with Crippen LogP contribution in [0.5, 0.6) is 0 Å². The SMILES string of the molecule is Cn1cc(NC(=O)N2CCC(N3CCOCC3)CC2)cn1. The Morgan fingerprint density at radius 2 is 2.00 bits per heavy atom. The van der Waals surface area contributed by atoms with Gasteiger partial charge in [-0.15, -0.1) is 0 Å². The molecule has 0 bridgehead atoms. The molecule has 2 saturated heterocycles. The zero-order chi connectivity index (χ0) is 14.7. The van der Waals surface area contributed by atoms with Crippen LogP contribution in [0, 0.1) is 0 Å². The van der Waals surface area contributed by atoms with Crippen molar-refractivity contribution in [3.8, 4) is 0 Å². The van der Waals surface area contributed by atoms with E-state index in [9.17, 15) is 4.79 Å². The number of nitrogens with zero attached hydrogens (tertiary/aromatic N) is 4. The number of amides is 2. The van der Waals surface area contributed by atoms with Crippen molar-refractivity contribution in [2.45, 2.75) is 18.9 Å². The maximum absolute atomic E-state index is 12.2. The first kappa shape index (κ1) is 14.3. The molecule has 0 atom stereocenters. The van der Waals surface area contributed by atoms with E-state index in [1.165, 1.54) is 0 Å². The molecular weight excluding hydrogens is 270 g/mol. The van der Waals surface area contributed by atoms with E-state index in [1.54, 1.807) is 17.1 Å². The lowest BCUT2D eigenvalue weighted by atomic mass is 10.0. The van der Waals surface area contributed by atoms with E-state index in [-0.39, 0.29) is 6.03 Å². The first-order chi connectivity index (χ1) is 10.2. The van der Waals surface area contributed by atoms with Crippen LogP contribution < -0.4 is 5.32 Å². The fourth-order valence-electron chi connectivity index (χ4n) is 3.07. The molecule has 0 aliphatic carbocycles. The molecule has 7 heteroatoms. The summed E-state index contributed by atoms with van der Waals surface area (Å²) in [6.45, 7) is 5.34. The quantitative estimate of drug-likeness (QED) is 0.874. The van der Waals surface area contributed by atoms with Gasteiger partial charge in [0.05, 0.1) is 25.1 Å². The second-order valence-electron chi connectivity index (χ2n) is 5.70. The van der Waals surface area contributed by atoms with Crippen LogP contribution in [0.2, 0.25) is 0 Å². The smallest absolute Gasteiger partial charge is 0.321 e. The molecule has 1 aromatic rings. The van der Waals surface area contributed by atoms with Gasteiger partial charge in [-0.25, -0.2) is 4.79 Å². The van der Waals surface area contributed by atoms with Crippen LogP contribution >= 0.6 is 0 Å². The van der Waals surface area contributed by atoms with E-state index >= 15 is 0 Å². The number of carbonyl (C=O) groups is 1. The molecule has 2 amide bonds. The summed E-state index contributed by atoms with van der Waals surface area (Å²) in [5.41, 5.74) is 0.748. The summed E-state index contributed by atoms with van der Waals surface area (Å²) in [4.78, 5) is 16.6. The monoisotopic (exact) mass is 293 g/mol. The van der Waals surface area contributed by atoms with Crippen LogP contribution in [0.25, 0.3) is 0 Å². The molecule has 3 heterocycles. The van der Waals surface area contributed by atoms with Crippen molar-refractivity contribution in [3.05, 3.63) is 12.4 Å². The standard InChI is InChI=1S/C14H23N5O2/c1-17-11-12(10-15-17)16-14(20)19-4-2-13(3-5-19)18-6-8-21-9-7-18/h10-11,13H,2-9H2,1H3,(H,16,20). The third-order valence-electron chi connectivity index (χ3n) is 4.27. The Labute approximate surface area is 124 Å². The molecule has 7 nitrogen and oxygen atoms in total. The molecule has 21 heavy (non-hydrogen) atoms. The number of nitrogens with one attached hydrogen (secondary N) is 1. The lowest BCUT2D eigenvalue weighted by Crippen LogP contribution is -2.50. The molecule has 0 aromatic carbocycles. The second-order valence-corrected chi connectivity index (χ2v) is 5.70. The average molecular weight is 293 g/mol. The van der Waals surface area contributed by atoms with E-state index in [1.807, 2.05) is 11.9 Å². The van der Waals surface area contributed by atoms with Crippen molar-refractivity contribution in [2.75, 3.05) is 44.7 Å². The van der Waals surface area contributed by atoms with Gasteiger partial charge in [0, 0.05) is 45.5 Å². The third-order valence-corrected chi connectivity index (χ3v) is 4.27. The number of rotatable bonds is 2. The molecular formula is C14H23N5O2. The molecule has 1 N–H and O–H groups in total. The first-order valence-electron chi connectivity index (χ1n) is 7.59. The Balaban J connectivity index is 1.47. The van der Waals surface area contributed by atoms with Gasteiger partial charge >= 0.3 is 6.03 Å². The molecule has 0 radical (unpaired) electrons. The number of anilines is 1. The lowest BCUT2D eigenvalue weighted by Gasteiger charge is -2.39. The number of urea groups is 1. The van der Waals surface area contributed by atoms with E-state index < -0.39 is 0 Å². The van der Waals surface area contributed by atoms with Crippen LogP contribution in [0.4, 0.5) is 10.5 Å². The minimum Gasteiger partial charge on any atom is -0.379 e. The number of likely N-dealkylation sites (tertiary alicyclic amines) is 1. The van der Waals surface area contributed by atoms with Crippen LogP contribution in [0.3, 0.4) is 0 Å². The molecule has 116 valence electrons. The highest BCUT2D eigenvalue weighted by Gasteiger charge is 2.27. The minimum atomic E-state index is -0.0246. The van der Waals surface area contributed by atoms with Crippen LogP contribution in [0.15, 0.2) is 12.4 Å². The van der Waals surface area contributed by atoms with E-state index in [2.05, 4.69) is 15.3 Å². The largest absolute Gasteiger partial charge is 0.379 e. The minimum absolute atomic E-state index is 0.0246. The van der Waals surface area contributed by atoms with Gasteiger partial charge in [0.2, 0.25) is 0 Å². The first-order valence-corrected chi connectivity index (χ1v) is 7.59. The van der Waals surface area contributed by atoms with Gasteiger partial charge in [0.1, 0.15) is 0 Å². The number of aryl methyl sites for hydroxylation is 1.